The molecule has 0 saturated heterocycles. The second-order valence-electron chi connectivity index (χ2n) is 4.31. The minimum absolute atomic E-state index is 0.158. The van der Waals surface area contributed by atoms with Crippen LogP contribution in [0.2, 0.25) is 0 Å². The Balaban J connectivity index is 2.53. The zero-order valence-electron chi connectivity index (χ0n) is 11.5. The fourth-order valence-corrected chi connectivity index (χ4v) is 1.98. The van der Waals surface area contributed by atoms with Gasteiger partial charge in [0.25, 0.3) is 0 Å². The Morgan fingerprint density at radius 3 is 2.75 bits per heavy atom. The van der Waals surface area contributed by atoms with Crippen LogP contribution < -0.4 is 4.74 Å². The number of nitrogens with zero attached hydrogens (tertiary/aromatic N) is 2. The number of rotatable bonds is 5. The Labute approximate surface area is 117 Å². The first kappa shape index (κ1) is 14.0. The molecule has 5 heteroatoms. The minimum Gasteiger partial charge on any atom is -0.496 e. The van der Waals surface area contributed by atoms with E-state index < -0.39 is 5.97 Å². The fraction of sp³-hybridized carbons (Fsp3) is 0.267. The summed E-state index contributed by atoms with van der Waals surface area (Å²) in [4.78, 5) is 19.7. The van der Waals surface area contributed by atoms with E-state index in [1.807, 2.05) is 31.2 Å². The highest BCUT2D eigenvalue weighted by Gasteiger charge is 2.15. The largest absolute Gasteiger partial charge is 0.496 e. The van der Waals surface area contributed by atoms with Gasteiger partial charge in [-0.25, -0.2) is 14.8 Å². The Bertz CT molecular complexity index is 626. The summed E-state index contributed by atoms with van der Waals surface area (Å²) in [5.74, 6) is 0.147. The first-order valence-electron chi connectivity index (χ1n) is 6.40. The lowest BCUT2D eigenvalue weighted by Gasteiger charge is -2.09. The lowest BCUT2D eigenvalue weighted by molar-refractivity contribution is 0.0694. The van der Waals surface area contributed by atoms with Gasteiger partial charge < -0.3 is 9.84 Å². The van der Waals surface area contributed by atoms with E-state index in [0.717, 1.165) is 12.0 Å². The maximum Gasteiger partial charge on any atom is 0.339 e. The molecule has 0 aliphatic rings. The van der Waals surface area contributed by atoms with Crippen LogP contribution in [0.25, 0.3) is 11.4 Å². The summed E-state index contributed by atoms with van der Waals surface area (Å²) in [7, 11) is 1.58. The van der Waals surface area contributed by atoms with Crippen molar-refractivity contribution in [3.63, 3.8) is 0 Å². The van der Waals surface area contributed by atoms with Crippen LogP contribution in [-0.2, 0) is 6.42 Å². The van der Waals surface area contributed by atoms with Gasteiger partial charge >= 0.3 is 5.97 Å². The zero-order valence-corrected chi connectivity index (χ0v) is 11.5. The van der Waals surface area contributed by atoms with Gasteiger partial charge in [0.1, 0.15) is 5.75 Å². The van der Waals surface area contributed by atoms with Crippen molar-refractivity contribution in [3.8, 4) is 17.1 Å². The molecule has 0 amide bonds. The maximum absolute atomic E-state index is 11.2. The van der Waals surface area contributed by atoms with Gasteiger partial charge in [0, 0.05) is 6.20 Å². The molecule has 1 aromatic carbocycles. The van der Waals surface area contributed by atoms with Crippen molar-refractivity contribution in [1.82, 2.24) is 9.97 Å². The number of aromatic nitrogens is 2. The number of methoxy groups -OCH3 is 1. The molecule has 2 aromatic rings. The molecule has 0 unspecified atom stereocenters. The molecule has 5 nitrogen and oxygen atoms in total. The Morgan fingerprint density at radius 1 is 1.35 bits per heavy atom. The quantitative estimate of drug-likeness (QED) is 0.906. The molecule has 0 fully saturated rings. The number of para-hydroxylation sites is 1. The topological polar surface area (TPSA) is 72.3 Å². The van der Waals surface area contributed by atoms with E-state index in [1.165, 1.54) is 6.20 Å². The minimum atomic E-state index is -1.000. The third-order valence-corrected chi connectivity index (χ3v) is 2.93. The summed E-state index contributed by atoms with van der Waals surface area (Å²) in [6, 6.07) is 7.40. The van der Waals surface area contributed by atoms with E-state index in [9.17, 15) is 4.79 Å². The highest BCUT2D eigenvalue weighted by atomic mass is 16.5. The fourth-order valence-electron chi connectivity index (χ4n) is 1.98. The number of carboxylic acids is 1. The highest BCUT2D eigenvalue weighted by molar-refractivity contribution is 5.88. The molecular weight excluding hydrogens is 256 g/mol. The second kappa shape index (κ2) is 6.14. The Morgan fingerprint density at radius 2 is 2.10 bits per heavy atom. The summed E-state index contributed by atoms with van der Waals surface area (Å²) >= 11 is 0. The van der Waals surface area contributed by atoms with E-state index in [4.69, 9.17) is 9.84 Å². The third kappa shape index (κ3) is 2.77. The first-order chi connectivity index (χ1) is 9.67. The summed E-state index contributed by atoms with van der Waals surface area (Å²) in [6.45, 7) is 1.98. The molecular formula is C15H16N2O3. The smallest absolute Gasteiger partial charge is 0.339 e. The standard InChI is InChI=1S/C15H16N2O3/c1-3-6-12-11(15(18)19)9-16-14(17-12)10-7-4-5-8-13(10)20-2/h4-5,7-9H,3,6H2,1-2H3,(H,18,19). The average Bonchev–Trinajstić information content (AvgIpc) is 2.47. The lowest BCUT2D eigenvalue weighted by atomic mass is 10.1. The van der Waals surface area contributed by atoms with Crippen molar-refractivity contribution in [2.24, 2.45) is 0 Å². The van der Waals surface area contributed by atoms with Gasteiger partial charge in [0.2, 0.25) is 0 Å². The van der Waals surface area contributed by atoms with E-state index in [-0.39, 0.29) is 5.56 Å². The molecule has 0 spiro atoms. The van der Waals surface area contributed by atoms with E-state index in [2.05, 4.69) is 9.97 Å². The zero-order chi connectivity index (χ0) is 14.5. The van der Waals surface area contributed by atoms with Crippen LogP contribution >= 0.6 is 0 Å². The predicted octanol–water partition coefficient (Wildman–Crippen LogP) is 2.80. The number of benzene rings is 1. The lowest BCUT2D eigenvalue weighted by Crippen LogP contribution is -2.07. The SMILES string of the molecule is CCCc1nc(-c2ccccc2OC)ncc1C(=O)O. The van der Waals surface area contributed by atoms with Gasteiger partial charge in [-0.15, -0.1) is 0 Å². The molecule has 1 N–H and O–H groups in total. The average molecular weight is 272 g/mol. The van der Waals surface area contributed by atoms with E-state index >= 15 is 0 Å². The van der Waals surface area contributed by atoms with Gasteiger partial charge in [0.15, 0.2) is 5.82 Å². The molecule has 0 aliphatic carbocycles. The highest BCUT2D eigenvalue weighted by Crippen LogP contribution is 2.27. The molecule has 1 heterocycles. The number of aromatic carboxylic acids is 1. The molecule has 0 aliphatic heterocycles. The number of aryl methyl sites for hydroxylation is 1. The number of carbonyl (C=O) groups is 1. The molecule has 0 radical (unpaired) electrons. The second-order valence-corrected chi connectivity index (χ2v) is 4.31. The van der Waals surface area contributed by atoms with Crippen LogP contribution in [-0.4, -0.2) is 28.2 Å². The van der Waals surface area contributed by atoms with Crippen molar-refractivity contribution in [3.05, 3.63) is 41.7 Å². The van der Waals surface area contributed by atoms with Crippen molar-refractivity contribution in [2.75, 3.05) is 7.11 Å². The number of hydrogen-bond acceptors (Lipinski definition) is 4. The number of carboxylic acid groups (broad SMARTS) is 1. The molecule has 104 valence electrons. The molecule has 2 rings (SSSR count). The number of hydrogen-bond donors (Lipinski definition) is 1. The van der Waals surface area contributed by atoms with E-state index in [1.54, 1.807) is 7.11 Å². The molecule has 20 heavy (non-hydrogen) atoms. The van der Waals surface area contributed by atoms with Crippen molar-refractivity contribution in [1.29, 1.82) is 0 Å². The monoisotopic (exact) mass is 272 g/mol. The van der Waals surface area contributed by atoms with Crippen LogP contribution in [0.4, 0.5) is 0 Å². The van der Waals surface area contributed by atoms with Gasteiger partial charge in [-0.3, -0.25) is 0 Å². The summed E-state index contributed by atoms with van der Waals surface area (Å²) in [6.07, 6.45) is 2.79. The summed E-state index contributed by atoms with van der Waals surface area (Å²) in [5.41, 5.74) is 1.46. The summed E-state index contributed by atoms with van der Waals surface area (Å²) in [5, 5.41) is 9.15. The van der Waals surface area contributed by atoms with Crippen LogP contribution in [0.5, 0.6) is 5.75 Å². The number of ether oxygens (including phenoxy) is 1. The van der Waals surface area contributed by atoms with Crippen LogP contribution in [0.15, 0.2) is 30.5 Å². The molecule has 0 atom stereocenters. The van der Waals surface area contributed by atoms with Crippen molar-refractivity contribution >= 4 is 5.97 Å². The van der Waals surface area contributed by atoms with Crippen molar-refractivity contribution in [2.45, 2.75) is 19.8 Å². The molecule has 0 bridgehead atoms. The van der Waals surface area contributed by atoms with E-state index in [0.29, 0.717) is 23.7 Å². The van der Waals surface area contributed by atoms with Gasteiger partial charge in [0.05, 0.1) is 23.9 Å². The van der Waals surface area contributed by atoms with Crippen LogP contribution in [0.1, 0.15) is 29.4 Å². The Hall–Kier alpha value is -2.43. The molecule has 0 saturated carbocycles. The normalized spacial score (nSPS) is 10.3. The predicted molar refractivity (Wildman–Crippen MR) is 75.0 cm³/mol. The van der Waals surface area contributed by atoms with Crippen molar-refractivity contribution < 1.29 is 14.6 Å². The van der Waals surface area contributed by atoms with Crippen LogP contribution in [0, 0.1) is 0 Å². The molecule has 1 aromatic heterocycles. The van der Waals surface area contributed by atoms with Crippen LogP contribution in [0.3, 0.4) is 0 Å². The first-order valence-corrected chi connectivity index (χ1v) is 6.40. The summed E-state index contributed by atoms with van der Waals surface area (Å²) < 4.78 is 5.28. The Kier molecular flexibility index (Phi) is 4.30. The van der Waals surface area contributed by atoms with Gasteiger partial charge in [-0.05, 0) is 18.6 Å². The van der Waals surface area contributed by atoms with Gasteiger partial charge in [-0.2, -0.15) is 0 Å². The maximum atomic E-state index is 11.2. The van der Waals surface area contributed by atoms with Gasteiger partial charge in [-0.1, -0.05) is 25.5 Å². The third-order valence-electron chi connectivity index (χ3n) is 2.93.